The van der Waals surface area contributed by atoms with Crippen LogP contribution in [0.4, 0.5) is 0 Å². The fourth-order valence-corrected chi connectivity index (χ4v) is 7.39. The molecule has 0 unspecified atom stereocenters. The zero-order valence-corrected chi connectivity index (χ0v) is 27.0. The number of fused-ring (bicyclic) bond motifs is 9. The standard InChI is InChI=1S/C45H25N3O3/c1-2-11-26(12-3-1)43-46-44(27-21-22-30-28-13-4-7-18-36(28)49-39(30)25-27)48-45(47-43)35-24-23-31(40-34-15-6-9-20-38(34)51-42(35)40)33-17-10-16-32-29-14-5-8-19-37(29)50-41(32)33/h1-25H. The molecule has 7 aromatic carbocycles. The average Bonchev–Trinajstić information content (AvgIpc) is 3.89. The van der Waals surface area contributed by atoms with Crippen molar-refractivity contribution >= 4 is 65.8 Å². The molecule has 0 fully saturated rings. The largest absolute Gasteiger partial charge is 0.456 e. The molecule has 0 saturated carbocycles. The Morgan fingerprint density at radius 3 is 1.69 bits per heavy atom. The van der Waals surface area contributed by atoms with Crippen molar-refractivity contribution in [2.45, 2.75) is 0 Å². The zero-order chi connectivity index (χ0) is 33.5. The van der Waals surface area contributed by atoms with E-state index in [-0.39, 0.29) is 0 Å². The first-order valence-corrected chi connectivity index (χ1v) is 16.9. The molecule has 0 atom stereocenters. The van der Waals surface area contributed by atoms with E-state index in [0.717, 1.165) is 88.0 Å². The van der Waals surface area contributed by atoms with Gasteiger partial charge in [-0.1, -0.05) is 115 Å². The molecule has 0 radical (unpaired) electrons. The molecular weight excluding hydrogens is 631 g/mol. The monoisotopic (exact) mass is 655 g/mol. The first kappa shape index (κ1) is 27.9. The first-order valence-electron chi connectivity index (χ1n) is 16.9. The Labute approximate surface area is 290 Å². The van der Waals surface area contributed by atoms with Crippen LogP contribution in [0, 0.1) is 0 Å². The number of para-hydroxylation sites is 4. The van der Waals surface area contributed by atoms with Gasteiger partial charge in [-0.2, -0.15) is 0 Å². The van der Waals surface area contributed by atoms with Crippen LogP contribution in [0.25, 0.3) is 111 Å². The SMILES string of the molecule is c1ccc(-c2nc(-c3ccc4c(c3)oc3ccccc34)nc(-c3ccc(-c4cccc5c4oc4ccccc45)c4c3oc3ccccc34)n2)cc1. The molecule has 6 heteroatoms. The lowest BCUT2D eigenvalue weighted by Gasteiger charge is -2.11. The normalized spacial score (nSPS) is 11.9. The van der Waals surface area contributed by atoms with E-state index in [2.05, 4.69) is 54.6 Å². The fraction of sp³-hybridized carbons (Fsp3) is 0. The summed E-state index contributed by atoms with van der Waals surface area (Å²) in [6, 6.07) is 51.0. The predicted molar refractivity (Wildman–Crippen MR) is 203 cm³/mol. The molecule has 11 aromatic rings. The van der Waals surface area contributed by atoms with Crippen molar-refractivity contribution in [2.75, 3.05) is 0 Å². The Balaban J connectivity index is 1.17. The van der Waals surface area contributed by atoms with Crippen LogP contribution < -0.4 is 0 Å². The lowest BCUT2D eigenvalue weighted by Crippen LogP contribution is -2.00. The van der Waals surface area contributed by atoms with Gasteiger partial charge >= 0.3 is 0 Å². The van der Waals surface area contributed by atoms with Crippen LogP contribution in [-0.4, -0.2) is 15.0 Å². The van der Waals surface area contributed by atoms with E-state index in [9.17, 15) is 0 Å². The second kappa shape index (κ2) is 10.7. The van der Waals surface area contributed by atoms with Gasteiger partial charge in [0, 0.05) is 49.0 Å². The number of hydrogen-bond acceptors (Lipinski definition) is 6. The van der Waals surface area contributed by atoms with Gasteiger partial charge in [0.1, 0.15) is 33.5 Å². The van der Waals surface area contributed by atoms with Crippen LogP contribution in [-0.2, 0) is 0 Å². The molecule has 11 rings (SSSR count). The number of nitrogens with zero attached hydrogens (tertiary/aromatic N) is 3. The fourth-order valence-electron chi connectivity index (χ4n) is 7.39. The van der Waals surface area contributed by atoms with Gasteiger partial charge in [-0.3, -0.25) is 0 Å². The second-order valence-corrected chi connectivity index (χ2v) is 12.7. The summed E-state index contributed by atoms with van der Waals surface area (Å²) in [5.74, 6) is 1.63. The van der Waals surface area contributed by atoms with E-state index in [1.807, 2.05) is 97.1 Å². The Kier molecular flexibility index (Phi) is 5.86. The molecule has 6 nitrogen and oxygen atoms in total. The third kappa shape index (κ3) is 4.26. The summed E-state index contributed by atoms with van der Waals surface area (Å²) >= 11 is 0. The van der Waals surface area contributed by atoms with Crippen molar-refractivity contribution in [1.82, 2.24) is 15.0 Å². The molecule has 0 spiro atoms. The van der Waals surface area contributed by atoms with Crippen LogP contribution in [0.3, 0.4) is 0 Å². The Morgan fingerprint density at radius 2 is 0.882 bits per heavy atom. The van der Waals surface area contributed by atoms with Crippen LogP contribution in [0.5, 0.6) is 0 Å². The van der Waals surface area contributed by atoms with Crippen LogP contribution >= 0.6 is 0 Å². The number of benzene rings is 7. The Bertz CT molecular complexity index is 3150. The van der Waals surface area contributed by atoms with E-state index in [4.69, 9.17) is 28.2 Å². The zero-order valence-electron chi connectivity index (χ0n) is 27.0. The van der Waals surface area contributed by atoms with Gasteiger partial charge in [0.05, 0.1) is 5.56 Å². The van der Waals surface area contributed by atoms with Crippen molar-refractivity contribution in [3.63, 3.8) is 0 Å². The maximum atomic E-state index is 6.71. The highest BCUT2D eigenvalue weighted by Crippen LogP contribution is 2.44. The lowest BCUT2D eigenvalue weighted by atomic mass is 9.95. The lowest BCUT2D eigenvalue weighted by molar-refractivity contribution is 0.668. The molecular formula is C45H25N3O3. The third-order valence-corrected chi connectivity index (χ3v) is 9.77. The topological polar surface area (TPSA) is 78.1 Å². The maximum absolute atomic E-state index is 6.71. The van der Waals surface area contributed by atoms with E-state index in [0.29, 0.717) is 23.1 Å². The van der Waals surface area contributed by atoms with E-state index < -0.39 is 0 Å². The Hall–Kier alpha value is -7.05. The van der Waals surface area contributed by atoms with Crippen molar-refractivity contribution in [3.8, 4) is 45.3 Å². The van der Waals surface area contributed by atoms with Crippen molar-refractivity contribution in [1.29, 1.82) is 0 Å². The maximum Gasteiger partial charge on any atom is 0.167 e. The molecule has 4 aromatic heterocycles. The van der Waals surface area contributed by atoms with Gasteiger partial charge in [-0.05, 0) is 42.0 Å². The van der Waals surface area contributed by atoms with E-state index in [1.54, 1.807) is 0 Å². The highest BCUT2D eigenvalue weighted by molar-refractivity contribution is 6.19. The molecule has 0 aliphatic heterocycles. The summed E-state index contributed by atoms with van der Waals surface area (Å²) in [5, 5.41) is 6.26. The highest BCUT2D eigenvalue weighted by Gasteiger charge is 2.23. The number of aromatic nitrogens is 3. The summed E-state index contributed by atoms with van der Waals surface area (Å²) in [6.07, 6.45) is 0. The number of furan rings is 3. The molecule has 0 amide bonds. The van der Waals surface area contributed by atoms with Crippen LogP contribution in [0.2, 0.25) is 0 Å². The van der Waals surface area contributed by atoms with Crippen molar-refractivity contribution in [2.24, 2.45) is 0 Å². The van der Waals surface area contributed by atoms with Gasteiger partial charge in [0.25, 0.3) is 0 Å². The van der Waals surface area contributed by atoms with E-state index in [1.165, 1.54) is 0 Å². The highest BCUT2D eigenvalue weighted by atomic mass is 16.3. The molecule has 0 aliphatic carbocycles. The average molecular weight is 656 g/mol. The predicted octanol–water partition coefficient (Wildman–Crippen LogP) is 12.2. The van der Waals surface area contributed by atoms with Gasteiger partial charge in [0.2, 0.25) is 0 Å². The summed E-state index contributed by atoms with van der Waals surface area (Å²) in [7, 11) is 0. The van der Waals surface area contributed by atoms with E-state index >= 15 is 0 Å². The minimum atomic E-state index is 0.515. The van der Waals surface area contributed by atoms with Crippen LogP contribution in [0.1, 0.15) is 0 Å². The summed E-state index contributed by atoms with van der Waals surface area (Å²) in [6.45, 7) is 0. The summed E-state index contributed by atoms with van der Waals surface area (Å²) in [5.41, 5.74) is 9.30. The van der Waals surface area contributed by atoms with Crippen LogP contribution in [0.15, 0.2) is 165 Å². The van der Waals surface area contributed by atoms with Gasteiger partial charge in [0.15, 0.2) is 17.5 Å². The molecule has 51 heavy (non-hydrogen) atoms. The molecule has 0 aliphatic rings. The van der Waals surface area contributed by atoms with Crippen molar-refractivity contribution in [3.05, 3.63) is 152 Å². The van der Waals surface area contributed by atoms with Gasteiger partial charge < -0.3 is 13.3 Å². The Morgan fingerprint density at radius 1 is 0.314 bits per heavy atom. The molecule has 0 bridgehead atoms. The minimum absolute atomic E-state index is 0.515. The molecule has 0 saturated heterocycles. The first-order chi connectivity index (χ1) is 25.3. The molecule has 0 N–H and O–H groups in total. The number of hydrogen-bond donors (Lipinski definition) is 0. The number of rotatable bonds is 4. The second-order valence-electron chi connectivity index (χ2n) is 12.7. The third-order valence-electron chi connectivity index (χ3n) is 9.77. The minimum Gasteiger partial charge on any atom is -0.456 e. The summed E-state index contributed by atoms with van der Waals surface area (Å²) in [4.78, 5) is 15.2. The molecule has 4 heterocycles. The summed E-state index contributed by atoms with van der Waals surface area (Å²) < 4.78 is 19.5. The smallest absolute Gasteiger partial charge is 0.167 e. The quantitative estimate of drug-likeness (QED) is 0.188. The van der Waals surface area contributed by atoms with Gasteiger partial charge in [-0.15, -0.1) is 0 Å². The molecule has 238 valence electrons. The van der Waals surface area contributed by atoms with Crippen molar-refractivity contribution < 1.29 is 13.3 Å². The van der Waals surface area contributed by atoms with Gasteiger partial charge in [-0.25, -0.2) is 15.0 Å².